The number of halogens is 2. The van der Waals surface area contributed by atoms with Gasteiger partial charge in [0.25, 0.3) is 5.91 Å². The van der Waals surface area contributed by atoms with E-state index in [1.165, 1.54) is 17.7 Å². The van der Waals surface area contributed by atoms with Gasteiger partial charge in [-0.1, -0.05) is 36.4 Å². The zero-order valence-electron chi connectivity index (χ0n) is 14.2. The molecule has 2 atom stereocenters. The van der Waals surface area contributed by atoms with Gasteiger partial charge in [0.05, 0.1) is 5.56 Å². The maximum Gasteiger partial charge on any atom is 0.254 e. The molecule has 1 amide bonds. The highest BCUT2D eigenvalue weighted by molar-refractivity contribution is 5.94. The molecule has 0 aliphatic carbocycles. The van der Waals surface area contributed by atoms with Crippen LogP contribution in [0.5, 0.6) is 0 Å². The normalized spacial score (nSPS) is 21.1. The van der Waals surface area contributed by atoms with Crippen molar-refractivity contribution in [2.75, 3.05) is 6.54 Å². The average molecular weight is 344 g/mol. The number of likely N-dealkylation sites (tertiary alicyclic amines) is 1. The van der Waals surface area contributed by atoms with Gasteiger partial charge in [-0.15, -0.1) is 0 Å². The molecule has 0 saturated carbocycles. The summed E-state index contributed by atoms with van der Waals surface area (Å²) in [6.45, 7) is 3.86. The number of nitrogens with zero attached hydrogens (tertiary/aromatic N) is 1. The van der Waals surface area contributed by atoms with E-state index in [0.29, 0.717) is 6.04 Å². The number of amides is 1. The molecule has 25 heavy (non-hydrogen) atoms. The zero-order chi connectivity index (χ0) is 17.8. The van der Waals surface area contributed by atoms with Gasteiger partial charge in [-0.05, 0) is 37.5 Å². The van der Waals surface area contributed by atoms with Gasteiger partial charge in [0.2, 0.25) is 0 Å². The SMILES string of the molecule is C[C@@H]1C[C@H](NC(=O)c2cccc(F)c2F)CCN1Cc1ccccc1. The Morgan fingerprint density at radius 2 is 1.92 bits per heavy atom. The Labute approximate surface area is 146 Å². The van der Waals surface area contributed by atoms with Crippen LogP contribution < -0.4 is 5.32 Å². The fourth-order valence-corrected chi connectivity index (χ4v) is 3.35. The highest BCUT2D eigenvalue weighted by Gasteiger charge is 2.27. The third-order valence-electron chi connectivity index (χ3n) is 4.77. The molecule has 1 saturated heterocycles. The van der Waals surface area contributed by atoms with Gasteiger partial charge < -0.3 is 5.32 Å². The Hall–Kier alpha value is -2.27. The van der Waals surface area contributed by atoms with Gasteiger partial charge >= 0.3 is 0 Å². The van der Waals surface area contributed by atoms with Crippen molar-refractivity contribution >= 4 is 5.91 Å². The van der Waals surface area contributed by atoms with Crippen molar-refractivity contribution in [3.63, 3.8) is 0 Å². The fourth-order valence-electron chi connectivity index (χ4n) is 3.35. The third-order valence-corrected chi connectivity index (χ3v) is 4.77. The lowest BCUT2D eigenvalue weighted by Gasteiger charge is -2.38. The lowest BCUT2D eigenvalue weighted by Crippen LogP contribution is -2.48. The van der Waals surface area contributed by atoms with Crippen LogP contribution in [0.4, 0.5) is 8.78 Å². The minimum Gasteiger partial charge on any atom is -0.349 e. The predicted octanol–water partition coefficient (Wildman–Crippen LogP) is 3.75. The molecule has 1 heterocycles. The van der Waals surface area contributed by atoms with Gasteiger partial charge in [0, 0.05) is 25.2 Å². The van der Waals surface area contributed by atoms with Gasteiger partial charge in [0.1, 0.15) is 0 Å². The summed E-state index contributed by atoms with van der Waals surface area (Å²) in [6.07, 6.45) is 1.58. The molecular formula is C20H22F2N2O. The van der Waals surface area contributed by atoms with E-state index in [0.717, 1.165) is 32.0 Å². The van der Waals surface area contributed by atoms with Crippen LogP contribution in [-0.4, -0.2) is 29.4 Å². The van der Waals surface area contributed by atoms with E-state index in [2.05, 4.69) is 29.3 Å². The Morgan fingerprint density at radius 1 is 1.16 bits per heavy atom. The first-order chi connectivity index (χ1) is 12.0. The summed E-state index contributed by atoms with van der Waals surface area (Å²) in [4.78, 5) is 14.6. The number of piperidine rings is 1. The molecule has 0 spiro atoms. The molecule has 0 aromatic heterocycles. The molecule has 2 aromatic carbocycles. The summed E-state index contributed by atoms with van der Waals surface area (Å²) in [6, 6.07) is 14.2. The number of benzene rings is 2. The Kier molecular flexibility index (Phi) is 5.43. The standard InChI is InChI=1S/C20H22F2N2O/c1-14-12-16(10-11-24(14)13-15-6-3-2-4-7-15)23-20(25)17-8-5-9-18(21)19(17)22/h2-9,14,16H,10-13H2,1H3,(H,23,25)/t14-,16-/m1/s1. The second-order valence-corrected chi connectivity index (χ2v) is 6.60. The van der Waals surface area contributed by atoms with E-state index < -0.39 is 17.5 Å². The molecule has 0 radical (unpaired) electrons. The van der Waals surface area contributed by atoms with Crippen LogP contribution in [-0.2, 0) is 6.54 Å². The van der Waals surface area contributed by atoms with Crippen LogP contribution in [0.1, 0.15) is 35.7 Å². The van der Waals surface area contributed by atoms with Crippen molar-refractivity contribution < 1.29 is 13.6 Å². The summed E-state index contributed by atoms with van der Waals surface area (Å²) in [5.74, 6) is -2.64. The van der Waals surface area contributed by atoms with E-state index in [1.807, 2.05) is 18.2 Å². The van der Waals surface area contributed by atoms with Crippen LogP contribution in [0.2, 0.25) is 0 Å². The number of rotatable bonds is 4. The first kappa shape index (κ1) is 17.5. The molecule has 0 bridgehead atoms. The van der Waals surface area contributed by atoms with Crippen molar-refractivity contribution in [3.8, 4) is 0 Å². The summed E-state index contributed by atoms with van der Waals surface area (Å²) in [7, 11) is 0. The van der Waals surface area contributed by atoms with Crippen molar-refractivity contribution in [2.24, 2.45) is 0 Å². The van der Waals surface area contributed by atoms with E-state index in [9.17, 15) is 13.6 Å². The number of hydrogen-bond donors (Lipinski definition) is 1. The third kappa shape index (κ3) is 4.23. The van der Waals surface area contributed by atoms with Crippen LogP contribution >= 0.6 is 0 Å². The molecule has 5 heteroatoms. The molecule has 1 fully saturated rings. The van der Waals surface area contributed by atoms with Gasteiger partial charge in [-0.3, -0.25) is 9.69 Å². The van der Waals surface area contributed by atoms with Crippen molar-refractivity contribution in [1.29, 1.82) is 0 Å². The lowest BCUT2D eigenvalue weighted by molar-refractivity contribution is 0.0862. The molecule has 1 aliphatic heterocycles. The minimum atomic E-state index is -1.09. The predicted molar refractivity (Wildman–Crippen MR) is 93.2 cm³/mol. The molecule has 3 nitrogen and oxygen atoms in total. The van der Waals surface area contributed by atoms with Gasteiger partial charge in [-0.2, -0.15) is 0 Å². The largest absolute Gasteiger partial charge is 0.349 e. The number of carbonyl (C=O) groups is 1. The fraction of sp³-hybridized carbons (Fsp3) is 0.350. The molecule has 2 aromatic rings. The van der Waals surface area contributed by atoms with Crippen LogP contribution in [0.15, 0.2) is 48.5 Å². The summed E-state index contributed by atoms with van der Waals surface area (Å²) in [5.41, 5.74) is 1.03. The molecule has 3 rings (SSSR count). The first-order valence-corrected chi connectivity index (χ1v) is 8.57. The molecular weight excluding hydrogens is 322 g/mol. The van der Waals surface area contributed by atoms with Crippen molar-refractivity contribution in [2.45, 2.75) is 38.4 Å². The van der Waals surface area contributed by atoms with Crippen LogP contribution in [0.3, 0.4) is 0 Å². The number of hydrogen-bond acceptors (Lipinski definition) is 2. The maximum atomic E-state index is 13.7. The van der Waals surface area contributed by atoms with Gasteiger partial charge in [-0.25, -0.2) is 8.78 Å². The van der Waals surface area contributed by atoms with E-state index in [4.69, 9.17) is 0 Å². The lowest BCUT2D eigenvalue weighted by atomic mass is 9.97. The number of nitrogens with one attached hydrogen (secondary N) is 1. The highest BCUT2D eigenvalue weighted by Crippen LogP contribution is 2.21. The van der Waals surface area contributed by atoms with E-state index in [-0.39, 0.29) is 11.6 Å². The summed E-state index contributed by atoms with van der Waals surface area (Å²) >= 11 is 0. The van der Waals surface area contributed by atoms with Gasteiger partial charge in [0.15, 0.2) is 11.6 Å². The molecule has 0 unspecified atom stereocenters. The smallest absolute Gasteiger partial charge is 0.254 e. The zero-order valence-corrected chi connectivity index (χ0v) is 14.2. The Morgan fingerprint density at radius 3 is 2.64 bits per heavy atom. The van der Waals surface area contributed by atoms with E-state index >= 15 is 0 Å². The monoisotopic (exact) mass is 344 g/mol. The first-order valence-electron chi connectivity index (χ1n) is 8.57. The second-order valence-electron chi connectivity index (χ2n) is 6.60. The quantitative estimate of drug-likeness (QED) is 0.916. The highest BCUT2D eigenvalue weighted by atomic mass is 19.2. The second kappa shape index (κ2) is 7.74. The van der Waals surface area contributed by atoms with Crippen LogP contribution in [0.25, 0.3) is 0 Å². The number of carbonyl (C=O) groups excluding carboxylic acids is 1. The molecule has 132 valence electrons. The average Bonchev–Trinajstić information content (AvgIpc) is 2.60. The topological polar surface area (TPSA) is 32.3 Å². The van der Waals surface area contributed by atoms with Crippen LogP contribution in [0, 0.1) is 11.6 Å². The molecule has 1 aliphatic rings. The summed E-state index contributed by atoms with van der Waals surface area (Å²) in [5, 5.41) is 2.85. The Bertz CT molecular complexity index is 736. The summed E-state index contributed by atoms with van der Waals surface area (Å²) < 4.78 is 27.0. The van der Waals surface area contributed by atoms with Crippen molar-refractivity contribution in [3.05, 3.63) is 71.3 Å². The maximum absolute atomic E-state index is 13.7. The minimum absolute atomic E-state index is 0.0304. The Balaban J connectivity index is 1.58. The molecule has 1 N–H and O–H groups in total. The van der Waals surface area contributed by atoms with E-state index in [1.54, 1.807) is 0 Å². The van der Waals surface area contributed by atoms with Crippen molar-refractivity contribution in [1.82, 2.24) is 10.2 Å².